The van der Waals surface area contributed by atoms with Crippen molar-refractivity contribution in [2.75, 3.05) is 31.5 Å². The Labute approximate surface area is 197 Å². The molecule has 0 unspecified atom stereocenters. The molecule has 2 amide bonds. The number of rotatable bonds is 5. The summed E-state index contributed by atoms with van der Waals surface area (Å²) < 4.78 is 15.2. The Kier molecular flexibility index (Phi) is 6.01. The average Bonchev–Trinajstić information content (AvgIpc) is 2.97. The number of aliphatic hydroxyl groups is 1. The molecule has 2 aromatic rings. The molecule has 31 heavy (non-hydrogen) atoms. The van der Waals surface area contributed by atoms with Crippen LogP contribution in [0, 0.1) is 14.8 Å². The molecule has 0 radical (unpaired) electrons. The Morgan fingerprint density at radius 3 is 2.71 bits per heavy atom. The molecule has 4 rings (SSSR count). The number of thiophene rings is 1. The minimum Gasteiger partial charge on any atom is -0.385 e. The maximum Gasteiger partial charge on any atom is 0.261 e. The first-order chi connectivity index (χ1) is 14.6. The van der Waals surface area contributed by atoms with E-state index in [0.29, 0.717) is 47.1 Å². The van der Waals surface area contributed by atoms with Crippen LogP contribution in [0.1, 0.15) is 39.4 Å². The van der Waals surface area contributed by atoms with E-state index in [2.05, 4.69) is 21.3 Å². The number of nitrogens with one attached hydrogen (secondary N) is 4. The van der Waals surface area contributed by atoms with Crippen LogP contribution >= 0.6 is 33.9 Å². The van der Waals surface area contributed by atoms with E-state index < -0.39 is 17.3 Å². The second-order valence-corrected chi connectivity index (χ2v) is 11.2. The quantitative estimate of drug-likeness (QED) is 0.364. The molecule has 1 saturated heterocycles. The van der Waals surface area contributed by atoms with Gasteiger partial charge in [0.2, 0.25) is 0 Å². The summed E-state index contributed by atoms with van der Waals surface area (Å²) in [6, 6.07) is 4.77. The van der Waals surface area contributed by atoms with Crippen LogP contribution in [0.25, 0.3) is 0 Å². The predicted octanol–water partition coefficient (Wildman–Crippen LogP) is 2.61. The van der Waals surface area contributed by atoms with Gasteiger partial charge in [-0.05, 0) is 58.2 Å². The summed E-state index contributed by atoms with van der Waals surface area (Å²) in [5.74, 6) is -1.07. The molecule has 0 saturated carbocycles. The van der Waals surface area contributed by atoms with Crippen molar-refractivity contribution in [2.24, 2.45) is 5.41 Å². The number of hydrogen-bond acceptors (Lipinski definition) is 6. The zero-order valence-electron chi connectivity index (χ0n) is 17.2. The van der Waals surface area contributed by atoms with Crippen molar-refractivity contribution in [1.29, 1.82) is 0 Å². The molecule has 5 N–H and O–H groups in total. The van der Waals surface area contributed by atoms with E-state index in [0.717, 1.165) is 14.9 Å². The number of amides is 2. The fourth-order valence-electron chi connectivity index (χ4n) is 3.67. The number of benzene rings is 1. The van der Waals surface area contributed by atoms with E-state index in [1.165, 1.54) is 6.07 Å². The summed E-state index contributed by atoms with van der Waals surface area (Å²) in [7, 11) is 0. The molecule has 0 atom stereocenters. The molecule has 2 aliphatic heterocycles. The molecule has 7 nitrogen and oxygen atoms in total. The minimum absolute atomic E-state index is 0.0936. The Hall–Kier alpha value is -1.76. The molecule has 0 spiro atoms. The molecule has 3 heterocycles. The highest BCUT2D eigenvalue weighted by molar-refractivity contribution is 14.1. The lowest BCUT2D eigenvalue weighted by Crippen LogP contribution is -2.64. The summed E-state index contributed by atoms with van der Waals surface area (Å²) in [4.78, 5) is 26.4. The van der Waals surface area contributed by atoms with Gasteiger partial charge in [-0.25, -0.2) is 4.39 Å². The Balaban J connectivity index is 1.73. The number of anilines is 2. The number of carbonyl (C=O) groups is 2. The zero-order chi connectivity index (χ0) is 22.4. The third-order valence-electron chi connectivity index (χ3n) is 5.49. The lowest BCUT2D eigenvalue weighted by Gasteiger charge is -2.37. The van der Waals surface area contributed by atoms with Crippen molar-refractivity contribution in [3.63, 3.8) is 0 Å². The molecule has 0 bridgehead atoms. The van der Waals surface area contributed by atoms with Gasteiger partial charge in [0.15, 0.2) is 0 Å². The maximum atomic E-state index is 14.5. The second-order valence-electron chi connectivity index (χ2n) is 8.90. The van der Waals surface area contributed by atoms with E-state index >= 15 is 0 Å². The monoisotopic (exact) mass is 558 g/mol. The van der Waals surface area contributed by atoms with Crippen molar-refractivity contribution < 1.29 is 19.1 Å². The van der Waals surface area contributed by atoms with Gasteiger partial charge in [0.1, 0.15) is 16.4 Å². The van der Waals surface area contributed by atoms with E-state index in [1.54, 1.807) is 12.1 Å². The average molecular weight is 558 g/mol. The molecular formula is C21H24FIN4O3S. The van der Waals surface area contributed by atoms with E-state index in [4.69, 9.17) is 0 Å². The van der Waals surface area contributed by atoms with Crippen LogP contribution in [0.3, 0.4) is 0 Å². The SMILES string of the molecule is CC1(C)CNC(=O)c2sc(Nc3ccc(I)cc3F)c(C(=O)NCC3(O)CNC3)c2C1. The first-order valence-electron chi connectivity index (χ1n) is 9.94. The van der Waals surface area contributed by atoms with Gasteiger partial charge in [-0.15, -0.1) is 11.3 Å². The first kappa shape index (κ1) is 22.4. The number of carbonyl (C=O) groups excluding carboxylic acids is 2. The van der Waals surface area contributed by atoms with Crippen molar-refractivity contribution in [1.82, 2.24) is 16.0 Å². The summed E-state index contributed by atoms with van der Waals surface area (Å²) in [6.07, 6.45) is 0.517. The molecule has 10 heteroatoms. The zero-order valence-corrected chi connectivity index (χ0v) is 20.2. The number of fused-ring (bicyclic) bond motifs is 1. The normalized spacial score (nSPS) is 18.9. The van der Waals surface area contributed by atoms with Crippen LogP contribution in [0.15, 0.2) is 18.2 Å². The van der Waals surface area contributed by atoms with E-state index in [1.807, 2.05) is 36.4 Å². The largest absolute Gasteiger partial charge is 0.385 e. The summed E-state index contributed by atoms with van der Waals surface area (Å²) in [5.41, 5.74) is -0.0194. The summed E-state index contributed by atoms with van der Waals surface area (Å²) in [6.45, 7) is 5.45. The molecular weight excluding hydrogens is 534 g/mol. The topological polar surface area (TPSA) is 102 Å². The van der Waals surface area contributed by atoms with Crippen molar-refractivity contribution >= 4 is 56.4 Å². The highest BCUT2D eigenvalue weighted by Gasteiger charge is 2.37. The van der Waals surface area contributed by atoms with Gasteiger partial charge < -0.3 is 26.4 Å². The number of β-amino-alcohol motifs (C(OH)–C–C–N with tert-alkyl or cyclic N) is 1. The summed E-state index contributed by atoms with van der Waals surface area (Å²) in [5, 5.41) is 22.5. The number of halogens is 2. The summed E-state index contributed by atoms with van der Waals surface area (Å²) >= 11 is 3.17. The molecule has 1 aromatic heterocycles. The third kappa shape index (κ3) is 4.71. The van der Waals surface area contributed by atoms with Gasteiger partial charge in [0.05, 0.1) is 16.1 Å². The smallest absolute Gasteiger partial charge is 0.261 e. The molecule has 0 aliphatic carbocycles. The van der Waals surface area contributed by atoms with Gasteiger partial charge in [0.25, 0.3) is 11.8 Å². The minimum atomic E-state index is -0.977. The predicted molar refractivity (Wildman–Crippen MR) is 127 cm³/mol. The number of hydrogen-bond donors (Lipinski definition) is 5. The lowest BCUT2D eigenvalue weighted by molar-refractivity contribution is -0.00760. The fraction of sp³-hybridized carbons (Fsp3) is 0.429. The molecule has 166 valence electrons. The van der Waals surface area contributed by atoms with Gasteiger partial charge in [-0.3, -0.25) is 9.59 Å². The van der Waals surface area contributed by atoms with Gasteiger partial charge >= 0.3 is 0 Å². The van der Waals surface area contributed by atoms with Gasteiger partial charge in [0, 0.05) is 29.7 Å². The lowest BCUT2D eigenvalue weighted by atomic mass is 9.85. The van der Waals surface area contributed by atoms with Crippen LogP contribution in [0.4, 0.5) is 15.1 Å². The first-order valence-corrected chi connectivity index (χ1v) is 11.8. The van der Waals surface area contributed by atoms with Crippen molar-refractivity contribution in [3.05, 3.63) is 43.6 Å². The third-order valence-corrected chi connectivity index (χ3v) is 7.31. The van der Waals surface area contributed by atoms with Crippen LogP contribution in [0.5, 0.6) is 0 Å². The highest BCUT2D eigenvalue weighted by atomic mass is 127. The van der Waals surface area contributed by atoms with E-state index in [9.17, 15) is 19.1 Å². The van der Waals surface area contributed by atoms with Crippen LogP contribution < -0.4 is 21.3 Å². The highest BCUT2D eigenvalue weighted by Crippen LogP contribution is 2.40. The Morgan fingerprint density at radius 2 is 2.06 bits per heavy atom. The second kappa shape index (κ2) is 8.30. The van der Waals surface area contributed by atoms with Crippen LogP contribution in [-0.2, 0) is 6.42 Å². The maximum absolute atomic E-state index is 14.5. The molecule has 2 aliphatic rings. The molecule has 1 aromatic carbocycles. The van der Waals surface area contributed by atoms with Crippen LogP contribution in [0.2, 0.25) is 0 Å². The van der Waals surface area contributed by atoms with Crippen LogP contribution in [-0.4, -0.2) is 48.7 Å². The van der Waals surface area contributed by atoms with Crippen molar-refractivity contribution in [3.8, 4) is 0 Å². The Morgan fingerprint density at radius 1 is 1.32 bits per heavy atom. The van der Waals surface area contributed by atoms with Crippen molar-refractivity contribution in [2.45, 2.75) is 25.9 Å². The Bertz CT molecular complexity index is 1050. The van der Waals surface area contributed by atoms with E-state index in [-0.39, 0.29) is 23.6 Å². The van der Waals surface area contributed by atoms with Gasteiger partial charge in [-0.1, -0.05) is 13.8 Å². The van der Waals surface area contributed by atoms with Gasteiger partial charge in [-0.2, -0.15) is 0 Å². The fourth-order valence-corrected chi connectivity index (χ4v) is 5.27. The molecule has 1 fully saturated rings. The standard InChI is InChI=1S/C21H24FIN4O3S/c1-20(2)6-12-15(17(28)26-10-21(30)8-24-9-21)19(31-16(12)18(29)25-7-20)27-14-4-3-11(23)5-13(14)22/h3-5,24,27,30H,6-10H2,1-2H3,(H,25,29)(H,26,28).